The second-order valence-electron chi connectivity index (χ2n) is 44.3. The Balaban J connectivity index is 1.32. The van der Waals surface area contributed by atoms with Crippen molar-refractivity contribution in [3.8, 4) is 0 Å². The molecular formula is C118H137. The minimum Gasteiger partial charge on any atom is -0.0582 e. The van der Waals surface area contributed by atoms with Crippen LogP contribution in [0.15, 0.2) is 279 Å². The van der Waals surface area contributed by atoms with Gasteiger partial charge in [-0.2, -0.15) is 0 Å². The van der Waals surface area contributed by atoms with Crippen LogP contribution in [-0.2, 0) is 54.1 Å². The van der Waals surface area contributed by atoms with E-state index in [0.29, 0.717) is 0 Å². The van der Waals surface area contributed by atoms with Gasteiger partial charge in [0.1, 0.15) is 0 Å². The summed E-state index contributed by atoms with van der Waals surface area (Å²) in [7, 11) is 0. The fraction of sp³-hybridized carbons (Fsp3) is 0.347. The highest BCUT2D eigenvalue weighted by Gasteiger charge is 2.37. The molecule has 0 saturated heterocycles. The van der Waals surface area contributed by atoms with Crippen LogP contribution in [0.3, 0.4) is 0 Å². The van der Waals surface area contributed by atoms with Crippen LogP contribution in [0.5, 0.6) is 0 Å². The van der Waals surface area contributed by atoms with Gasteiger partial charge in [-0.3, -0.25) is 0 Å². The minimum atomic E-state index is -0.445. The van der Waals surface area contributed by atoms with E-state index in [-0.39, 0.29) is 54.1 Å². The molecule has 118 heavy (non-hydrogen) atoms. The Labute approximate surface area is 716 Å². The van der Waals surface area contributed by atoms with Crippen LogP contribution in [0.25, 0.3) is 0 Å². The maximum absolute atomic E-state index is 2.61. The highest BCUT2D eigenvalue weighted by atomic mass is 14.4. The van der Waals surface area contributed by atoms with Gasteiger partial charge in [-0.15, -0.1) is 0 Å². The molecule has 0 bridgehead atoms. The van der Waals surface area contributed by atoms with Crippen LogP contribution >= 0.6 is 0 Å². The molecule has 0 heterocycles. The molecule has 0 heteroatoms. The maximum Gasteiger partial charge on any atom is 0.0629 e. The van der Waals surface area contributed by atoms with Gasteiger partial charge in [-0.25, -0.2) is 0 Å². The Morgan fingerprint density at radius 2 is 0.246 bits per heavy atom. The molecular weight excluding hydrogens is 1420 g/mol. The van der Waals surface area contributed by atoms with Crippen molar-refractivity contribution >= 4 is 0 Å². The van der Waals surface area contributed by atoms with Crippen LogP contribution in [0, 0.1) is 29.6 Å². The topological polar surface area (TPSA) is 0 Å². The molecule has 0 aliphatic heterocycles. The molecule has 12 aromatic carbocycles. The van der Waals surface area contributed by atoms with E-state index < -0.39 is 5.92 Å². The lowest BCUT2D eigenvalue weighted by atomic mass is 9.69. The van der Waals surface area contributed by atoms with Crippen molar-refractivity contribution in [1.29, 1.82) is 0 Å². The second-order valence-corrected chi connectivity index (χ2v) is 44.3. The predicted molar refractivity (Wildman–Crippen MR) is 510 cm³/mol. The predicted octanol–water partition coefficient (Wildman–Crippen LogP) is 31.5. The van der Waals surface area contributed by atoms with Crippen LogP contribution in [-0.4, -0.2) is 0 Å². The van der Waals surface area contributed by atoms with Gasteiger partial charge < -0.3 is 0 Å². The summed E-state index contributed by atoms with van der Waals surface area (Å²) >= 11 is 0. The Morgan fingerprint density at radius 3 is 0.356 bits per heavy atom. The van der Waals surface area contributed by atoms with Gasteiger partial charge in [0.15, 0.2) is 0 Å². The molecule has 0 aliphatic carbocycles. The lowest BCUT2D eigenvalue weighted by Gasteiger charge is -2.34. The van der Waals surface area contributed by atoms with Crippen molar-refractivity contribution < 1.29 is 0 Å². The van der Waals surface area contributed by atoms with Crippen molar-refractivity contribution in [2.45, 2.75) is 268 Å². The van der Waals surface area contributed by atoms with E-state index in [2.05, 4.69) is 487 Å². The molecule has 0 unspecified atom stereocenters. The first-order chi connectivity index (χ1) is 54.8. The SMILES string of the molecule is CC(C)(C)c1ccc([C](c2ccc(C(C)(C)C)cc2)c2cc([C](c3ccc(C(C)(C)C)cc3)c3ccc(C(C)(C)C)cc3)cc(C([C](c3ccc(C(C)(C)C)cc3)c3ccc(C(C)(C)C)cc3)c3cc([C](c4ccc(C(C)(C)C)cc4)c4ccc(C(C)(C)C)cc4)cc([C](c4ccc(C(C)(C)C)cc4)c4ccc(C(C)(C)C)cc4)c3)c2)cc1. The summed E-state index contributed by atoms with van der Waals surface area (Å²) in [5, 5.41) is 0. The molecule has 0 N–H and O–H groups in total. The van der Waals surface area contributed by atoms with Crippen molar-refractivity contribution in [3.05, 3.63) is 453 Å². The van der Waals surface area contributed by atoms with Gasteiger partial charge in [-0.05, 0) is 199 Å². The maximum atomic E-state index is 2.61. The van der Waals surface area contributed by atoms with Gasteiger partial charge in [0.25, 0.3) is 0 Å². The smallest absolute Gasteiger partial charge is 0.0582 e. The quantitative estimate of drug-likeness (QED) is 0.0797. The summed E-state index contributed by atoms with van der Waals surface area (Å²) in [5.41, 5.74) is 30.7. The number of benzene rings is 12. The van der Waals surface area contributed by atoms with E-state index in [1.165, 1.54) is 107 Å². The van der Waals surface area contributed by atoms with E-state index in [1.807, 2.05) is 0 Å². The first-order valence-electron chi connectivity index (χ1n) is 43.5. The molecule has 0 aliphatic rings. The fourth-order valence-corrected chi connectivity index (χ4v) is 16.6. The van der Waals surface area contributed by atoms with Gasteiger partial charge in [0, 0.05) is 11.8 Å². The molecule has 609 valence electrons. The Morgan fingerprint density at radius 1 is 0.136 bits per heavy atom. The third-order valence-electron chi connectivity index (χ3n) is 24.5. The summed E-state index contributed by atoms with van der Waals surface area (Å²) < 4.78 is 0. The van der Waals surface area contributed by atoms with Crippen molar-refractivity contribution in [2.24, 2.45) is 0 Å². The molecule has 12 rings (SSSR count). The Kier molecular flexibility index (Phi) is 24.6. The average Bonchev–Trinajstić information content (AvgIpc) is 0.742. The van der Waals surface area contributed by atoms with Gasteiger partial charge in [0.05, 0.1) is 23.7 Å². The Bertz CT molecular complexity index is 4500. The molecule has 5 radical (unpaired) electrons. The largest absolute Gasteiger partial charge is 0.0629 e. The third-order valence-corrected chi connectivity index (χ3v) is 24.5. The molecule has 0 fully saturated rings. The highest BCUT2D eigenvalue weighted by Crippen LogP contribution is 2.51. The van der Waals surface area contributed by atoms with Crippen molar-refractivity contribution in [3.63, 3.8) is 0 Å². The summed E-state index contributed by atoms with van der Waals surface area (Å²) in [5.74, 6) is 5.48. The van der Waals surface area contributed by atoms with Crippen LogP contribution in [0.4, 0.5) is 0 Å². The minimum absolute atomic E-state index is 0.0653. The standard InChI is InChI=1S/C118H137/c1-109(2,3)93-51-31-77(32-52-93)103(78-33-53-94(54-34-78)110(4,5)6)87-71-88(104(79-35-55-95(56-36-79)111(7,8)9)80-37-57-96(58-38-80)112(10,11)12)74-91(73-87)108(107(85-47-67-101(68-48-85)117(25,26)27)86-49-69-102(70-50-86)118(28,29)30)92-75-89(105(81-39-59-97(60-40-81)113(13,14)15)82-41-61-98(62-42-82)114(16,17)18)72-90(76-92)106(83-43-63-99(64-44-83)115(19,20)21)84-45-65-100(66-46-84)116(22,23)24/h31-76,108H,1-30H3. The van der Waals surface area contributed by atoms with Crippen LogP contribution < -0.4 is 0 Å². The number of hydrogen-bond donors (Lipinski definition) is 0. The summed E-state index contributed by atoms with van der Waals surface area (Å²) in [6.45, 7) is 69.9. The monoisotopic (exact) mass is 1550 g/mol. The summed E-state index contributed by atoms with van der Waals surface area (Å²) in [6.07, 6.45) is 0. The van der Waals surface area contributed by atoms with Crippen LogP contribution in [0.1, 0.15) is 358 Å². The first-order valence-corrected chi connectivity index (χ1v) is 43.5. The molecule has 0 nitrogen and oxygen atoms in total. The Hall–Kier alpha value is -9.36. The zero-order valence-electron chi connectivity index (χ0n) is 77.6. The van der Waals surface area contributed by atoms with Crippen LogP contribution in [0.2, 0.25) is 0 Å². The lowest BCUT2D eigenvalue weighted by molar-refractivity contribution is 0.589. The summed E-state index contributed by atoms with van der Waals surface area (Å²) in [4.78, 5) is 0. The molecule has 0 amide bonds. The lowest BCUT2D eigenvalue weighted by Crippen LogP contribution is -2.20. The molecule has 12 aromatic rings. The third kappa shape index (κ3) is 20.2. The average molecular weight is 1560 g/mol. The fourth-order valence-electron chi connectivity index (χ4n) is 16.6. The molecule has 0 spiro atoms. The molecule has 0 saturated carbocycles. The van der Waals surface area contributed by atoms with E-state index >= 15 is 0 Å². The van der Waals surface area contributed by atoms with Crippen molar-refractivity contribution in [1.82, 2.24) is 0 Å². The van der Waals surface area contributed by atoms with E-state index in [0.717, 1.165) is 66.8 Å². The van der Waals surface area contributed by atoms with Gasteiger partial charge >= 0.3 is 0 Å². The summed E-state index contributed by atoms with van der Waals surface area (Å²) in [6, 6.07) is 111. The second kappa shape index (κ2) is 33.0. The van der Waals surface area contributed by atoms with E-state index in [9.17, 15) is 0 Å². The normalized spacial score (nSPS) is 13.3. The first kappa shape index (κ1) is 87.9. The number of hydrogen-bond acceptors (Lipinski definition) is 0. The zero-order chi connectivity index (χ0) is 86.0. The van der Waals surface area contributed by atoms with Crippen molar-refractivity contribution in [2.75, 3.05) is 0 Å². The van der Waals surface area contributed by atoms with E-state index in [4.69, 9.17) is 0 Å². The zero-order valence-corrected chi connectivity index (χ0v) is 77.6. The van der Waals surface area contributed by atoms with Gasteiger partial charge in [0.2, 0.25) is 0 Å². The van der Waals surface area contributed by atoms with E-state index in [1.54, 1.807) is 0 Å². The molecule has 0 atom stereocenters. The highest BCUT2D eigenvalue weighted by molar-refractivity contribution is 5.71. The molecule has 0 aromatic heterocycles. The number of rotatable bonds is 17. The van der Waals surface area contributed by atoms with Gasteiger partial charge in [-0.1, -0.05) is 487 Å².